The third-order valence-corrected chi connectivity index (χ3v) is 3.92. The second-order valence-electron chi connectivity index (χ2n) is 3.37. The molecule has 1 aromatic heterocycles. The fourth-order valence-corrected chi connectivity index (χ4v) is 2.77. The largest absolute Gasteiger partial charge is 0.409 e. The molecular weight excluding hydrogens is 335 g/mol. The normalized spacial score (nSPS) is 11.6. The molecule has 0 unspecified atom stereocenters. The molecule has 2 rings (SSSR count). The lowest BCUT2D eigenvalue weighted by Crippen LogP contribution is -2.14. The highest BCUT2D eigenvalue weighted by Gasteiger charge is 2.15. The van der Waals surface area contributed by atoms with Crippen LogP contribution in [-0.2, 0) is 0 Å². The molecule has 0 radical (unpaired) electrons. The molecule has 0 amide bonds. The molecule has 0 spiro atoms. The molecular formula is C11H8BrFN4OS. The Kier molecular flexibility index (Phi) is 4.33. The average Bonchev–Trinajstić information content (AvgIpc) is 2.44. The van der Waals surface area contributed by atoms with Gasteiger partial charge in [0.15, 0.2) is 11.7 Å². The molecule has 0 fully saturated rings. The standard InChI is InChI=1S/C11H8BrFN4OS/c12-9-6(11(14)17-18)1-2-7(10(9)13)19-8-5-15-3-4-16-8/h1-5,18H,(H2,14,17). The monoisotopic (exact) mass is 342 g/mol. The van der Waals surface area contributed by atoms with Crippen molar-refractivity contribution >= 4 is 33.5 Å². The van der Waals surface area contributed by atoms with Gasteiger partial charge in [0, 0.05) is 18.0 Å². The van der Waals surface area contributed by atoms with Crippen LogP contribution in [0.4, 0.5) is 4.39 Å². The van der Waals surface area contributed by atoms with Crippen molar-refractivity contribution < 1.29 is 9.60 Å². The first kappa shape index (κ1) is 13.8. The first-order chi connectivity index (χ1) is 9.13. The van der Waals surface area contributed by atoms with Gasteiger partial charge in [0.05, 0.1) is 15.6 Å². The molecule has 1 heterocycles. The number of rotatable bonds is 3. The molecule has 0 bridgehead atoms. The Morgan fingerprint density at radius 1 is 1.42 bits per heavy atom. The minimum absolute atomic E-state index is 0.136. The Bertz CT molecular complexity index is 624. The first-order valence-corrected chi connectivity index (χ1v) is 6.64. The van der Waals surface area contributed by atoms with Crippen molar-refractivity contribution in [3.63, 3.8) is 0 Å². The number of halogens is 2. The molecule has 98 valence electrons. The second kappa shape index (κ2) is 5.98. The van der Waals surface area contributed by atoms with Crippen molar-refractivity contribution in [2.24, 2.45) is 10.9 Å². The van der Waals surface area contributed by atoms with Gasteiger partial charge < -0.3 is 10.9 Å². The fraction of sp³-hybridized carbons (Fsp3) is 0. The van der Waals surface area contributed by atoms with Gasteiger partial charge in [-0.2, -0.15) is 0 Å². The average molecular weight is 343 g/mol. The van der Waals surface area contributed by atoms with E-state index in [1.807, 2.05) is 0 Å². The molecule has 0 aliphatic heterocycles. The molecule has 2 aromatic rings. The van der Waals surface area contributed by atoms with Crippen LogP contribution in [0, 0.1) is 5.82 Å². The summed E-state index contributed by atoms with van der Waals surface area (Å²) in [7, 11) is 0. The molecule has 0 saturated heterocycles. The van der Waals surface area contributed by atoms with Crippen molar-refractivity contribution in [1.29, 1.82) is 0 Å². The van der Waals surface area contributed by atoms with Crippen molar-refractivity contribution in [3.05, 3.63) is 46.6 Å². The Hall–Kier alpha value is -1.67. The van der Waals surface area contributed by atoms with Crippen LogP contribution in [0.25, 0.3) is 0 Å². The van der Waals surface area contributed by atoms with Crippen LogP contribution in [0.1, 0.15) is 5.56 Å². The van der Waals surface area contributed by atoms with Crippen LogP contribution in [0.2, 0.25) is 0 Å². The van der Waals surface area contributed by atoms with Crippen molar-refractivity contribution in [3.8, 4) is 0 Å². The zero-order valence-electron chi connectivity index (χ0n) is 9.42. The summed E-state index contributed by atoms with van der Waals surface area (Å²) >= 11 is 4.22. The van der Waals surface area contributed by atoms with Crippen molar-refractivity contribution in [2.75, 3.05) is 0 Å². The summed E-state index contributed by atoms with van der Waals surface area (Å²) in [4.78, 5) is 8.31. The van der Waals surface area contributed by atoms with E-state index < -0.39 is 5.82 Å². The highest BCUT2D eigenvalue weighted by Crippen LogP contribution is 2.33. The smallest absolute Gasteiger partial charge is 0.171 e. The Labute approximate surface area is 120 Å². The minimum atomic E-state index is -0.500. The van der Waals surface area contributed by atoms with E-state index in [0.29, 0.717) is 9.92 Å². The number of aromatic nitrogens is 2. The van der Waals surface area contributed by atoms with Crippen LogP contribution in [-0.4, -0.2) is 21.0 Å². The predicted octanol–water partition coefficient (Wildman–Crippen LogP) is 2.62. The summed E-state index contributed by atoms with van der Waals surface area (Å²) in [5, 5.41) is 12.0. The summed E-state index contributed by atoms with van der Waals surface area (Å²) in [6.07, 6.45) is 4.60. The molecule has 8 heteroatoms. The number of hydrogen-bond donors (Lipinski definition) is 2. The predicted molar refractivity (Wildman–Crippen MR) is 72.8 cm³/mol. The third-order valence-electron chi connectivity index (χ3n) is 2.18. The van der Waals surface area contributed by atoms with Gasteiger partial charge >= 0.3 is 0 Å². The lowest BCUT2D eigenvalue weighted by molar-refractivity contribution is 0.318. The topological polar surface area (TPSA) is 84.4 Å². The van der Waals surface area contributed by atoms with E-state index in [-0.39, 0.29) is 15.9 Å². The summed E-state index contributed by atoms with van der Waals surface area (Å²) in [5.41, 5.74) is 5.72. The summed E-state index contributed by atoms with van der Waals surface area (Å²) in [5.74, 6) is -0.665. The minimum Gasteiger partial charge on any atom is -0.409 e. The van der Waals surface area contributed by atoms with Gasteiger partial charge in [0.2, 0.25) is 0 Å². The number of benzene rings is 1. The van der Waals surface area contributed by atoms with Gasteiger partial charge in [-0.3, -0.25) is 4.98 Å². The van der Waals surface area contributed by atoms with Gasteiger partial charge in [-0.25, -0.2) is 9.37 Å². The van der Waals surface area contributed by atoms with Crippen LogP contribution in [0.3, 0.4) is 0 Å². The Morgan fingerprint density at radius 2 is 2.21 bits per heavy atom. The van der Waals surface area contributed by atoms with E-state index in [4.69, 9.17) is 10.9 Å². The zero-order chi connectivity index (χ0) is 13.8. The highest BCUT2D eigenvalue weighted by atomic mass is 79.9. The first-order valence-electron chi connectivity index (χ1n) is 5.03. The molecule has 1 aromatic carbocycles. The summed E-state index contributed by atoms with van der Waals surface area (Å²) in [6, 6.07) is 3.09. The van der Waals surface area contributed by atoms with Gasteiger partial charge in [0.25, 0.3) is 0 Å². The fourth-order valence-electron chi connectivity index (χ4n) is 1.31. The van der Waals surface area contributed by atoms with Crippen LogP contribution in [0.15, 0.2) is 50.3 Å². The van der Waals surface area contributed by atoms with Crippen LogP contribution in [0.5, 0.6) is 0 Å². The van der Waals surface area contributed by atoms with E-state index in [2.05, 4.69) is 31.1 Å². The zero-order valence-corrected chi connectivity index (χ0v) is 11.8. The molecule has 5 nitrogen and oxygen atoms in total. The molecule has 0 aliphatic rings. The van der Waals surface area contributed by atoms with Gasteiger partial charge in [0.1, 0.15) is 5.03 Å². The SMILES string of the molecule is N/C(=N/O)c1ccc(Sc2cnccn2)c(F)c1Br. The van der Waals surface area contributed by atoms with Gasteiger partial charge in [-0.15, -0.1) is 0 Å². The van der Waals surface area contributed by atoms with Crippen molar-refractivity contribution in [1.82, 2.24) is 9.97 Å². The Morgan fingerprint density at radius 3 is 2.84 bits per heavy atom. The number of oxime groups is 1. The molecule has 0 saturated carbocycles. The van der Waals surface area contributed by atoms with Crippen molar-refractivity contribution in [2.45, 2.75) is 9.92 Å². The van der Waals surface area contributed by atoms with Gasteiger partial charge in [-0.05, 0) is 28.1 Å². The van der Waals surface area contributed by atoms with E-state index in [0.717, 1.165) is 11.8 Å². The van der Waals surface area contributed by atoms with E-state index in [1.165, 1.54) is 24.7 Å². The maximum absolute atomic E-state index is 14.1. The maximum Gasteiger partial charge on any atom is 0.171 e. The van der Waals surface area contributed by atoms with E-state index in [9.17, 15) is 4.39 Å². The summed E-state index contributed by atoms with van der Waals surface area (Å²) in [6.45, 7) is 0. The quantitative estimate of drug-likeness (QED) is 0.387. The molecule has 0 atom stereocenters. The number of nitrogens with zero attached hydrogens (tertiary/aromatic N) is 3. The lowest BCUT2D eigenvalue weighted by atomic mass is 10.2. The molecule has 0 aliphatic carbocycles. The van der Waals surface area contributed by atoms with E-state index in [1.54, 1.807) is 6.07 Å². The highest BCUT2D eigenvalue weighted by molar-refractivity contribution is 9.10. The van der Waals surface area contributed by atoms with E-state index >= 15 is 0 Å². The van der Waals surface area contributed by atoms with Crippen LogP contribution < -0.4 is 5.73 Å². The maximum atomic E-state index is 14.1. The number of hydrogen-bond acceptors (Lipinski definition) is 5. The van der Waals surface area contributed by atoms with Gasteiger partial charge in [-0.1, -0.05) is 16.9 Å². The number of amidine groups is 1. The lowest BCUT2D eigenvalue weighted by Gasteiger charge is -2.07. The molecule has 19 heavy (non-hydrogen) atoms. The number of nitrogens with two attached hydrogens (primary N) is 1. The summed E-state index contributed by atoms with van der Waals surface area (Å²) < 4.78 is 14.3. The Balaban J connectivity index is 2.37. The van der Waals surface area contributed by atoms with Crippen LogP contribution >= 0.6 is 27.7 Å². The second-order valence-corrected chi connectivity index (χ2v) is 5.23. The molecule has 3 N–H and O–H groups in total. The third kappa shape index (κ3) is 3.02.